The Morgan fingerprint density at radius 3 is 2.52 bits per heavy atom. The fourth-order valence-electron chi connectivity index (χ4n) is 2.37. The van der Waals surface area contributed by atoms with Crippen LogP contribution in [0.4, 0.5) is 0 Å². The third kappa shape index (κ3) is 2.85. The van der Waals surface area contributed by atoms with Crippen molar-refractivity contribution in [3.8, 4) is 11.3 Å². The van der Waals surface area contributed by atoms with Gasteiger partial charge in [0.2, 0.25) is 0 Å². The Kier molecular flexibility index (Phi) is 3.92. The lowest BCUT2D eigenvalue weighted by molar-refractivity contribution is -0.138. The van der Waals surface area contributed by atoms with E-state index in [1.807, 2.05) is 30.3 Å². The van der Waals surface area contributed by atoms with Crippen LogP contribution >= 0.6 is 11.6 Å². The number of benzene rings is 2. The van der Waals surface area contributed by atoms with Gasteiger partial charge in [0.25, 0.3) is 0 Å². The minimum Gasteiger partial charge on any atom is -0.481 e. The first-order valence-corrected chi connectivity index (χ1v) is 7.40. The summed E-state index contributed by atoms with van der Waals surface area (Å²) in [6.07, 6.45) is 0. The van der Waals surface area contributed by atoms with Crippen molar-refractivity contribution in [2.24, 2.45) is 0 Å². The lowest BCUT2D eigenvalue weighted by Crippen LogP contribution is -2.09. The molecule has 1 atom stereocenters. The second-order valence-corrected chi connectivity index (χ2v) is 5.69. The first-order valence-electron chi connectivity index (χ1n) is 7.03. The summed E-state index contributed by atoms with van der Waals surface area (Å²) in [4.78, 5) is 23.5. The van der Waals surface area contributed by atoms with Crippen molar-refractivity contribution in [1.82, 2.24) is 0 Å². The maximum Gasteiger partial charge on any atom is 0.310 e. The largest absolute Gasteiger partial charge is 0.481 e. The van der Waals surface area contributed by atoms with Crippen molar-refractivity contribution in [3.05, 3.63) is 69.3 Å². The van der Waals surface area contributed by atoms with E-state index in [4.69, 9.17) is 21.1 Å². The van der Waals surface area contributed by atoms with Crippen LogP contribution in [-0.2, 0) is 4.79 Å². The summed E-state index contributed by atoms with van der Waals surface area (Å²) in [5, 5.41) is 9.62. The monoisotopic (exact) mass is 328 g/mol. The highest BCUT2D eigenvalue weighted by molar-refractivity contribution is 6.34. The van der Waals surface area contributed by atoms with E-state index < -0.39 is 11.9 Å². The summed E-state index contributed by atoms with van der Waals surface area (Å²) in [7, 11) is 0. The predicted octanol–water partition coefficient (Wildman–Crippen LogP) is 4.30. The van der Waals surface area contributed by atoms with E-state index in [0.717, 1.165) is 5.56 Å². The van der Waals surface area contributed by atoms with E-state index in [-0.39, 0.29) is 21.4 Å². The zero-order chi connectivity index (χ0) is 16.6. The van der Waals surface area contributed by atoms with E-state index in [0.29, 0.717) is 11.3 Å². The molecule has 0 saturated carbocycles. The van der Waals surface area contributed by atoms with Crippen LogP contribution in [0.1, 0.15) is 18.4 Å². The highest BCUT2D eigenvalue weighted by atomic mass is 35.5. The van der Waals surface area contributed by atoms with E-state index in [9.17, 15) is 9.59 Å². The second kappa shape index (κ2) is 5.89. The van der Waals surface area contributed by atoms with Gasteiger partial charge in [0.05, 0.1) is 16.3 Å². The Morgan fingerprint density at radius 2 is 1.87 bits per heavy atom. The number of rotatable bonds is 3. The molecule has 0 fully saturated rings. The first kappa shape index (κ1) is 15.3. The summed E-state index contributed by atoms with van der Waals surface area (Å²) in [5.74, 6) is -1.32. The maximum absolute atomic E-state index is 12.4. The molecule has 4 nitrogen and oxygen atoms in total. The van der Waals surface area contributed by atoms with Crippen LogP contribution in [0.25, 0.3) is 22.3 Å². The molecule has 1 N–H and O–H groups in total. The lowest BCUT2D eigenvalue weighted by Gasteiger charge is -2.10. The fraction of sp³-hybridized carbons (Fsp3) is 0.111. The van der Waals surface area contributed by atoms with Gasteiger partial charge in [-0.1, -0.05) is 41.9 Å². The van der Waals surface area contributed by atoms with Gasteiger partial charge >= 0.3 is 5.97 Å². The van der Waals surface area contributed by atoms with Crippen molar-refractivity contribution < 1.29 is 14.3 Å². The molecule has 116 valence electrons. The lowest BCUT2D eigenvalue weighted by atomic mass is 9.99. The molecule has 1 heterocycles. The van der Waals surface area contributed by atoms with Crippen molar-refractivity contribution >= 4 is 28.5 Å². The molecule has 1 aromatic heterocycles. The van der Waals surface area contributed by atoms with Crippen LogP contribution in [0.15, 0.2) is 57.7 Å². The Labute approximate surface area is 136 Å². The Morgan fingerprint density at radius 1 is 1.17 bits per heavy atom. The Hall–Kier alpha value is -2.59. The van der Waals surface area contributed by atoms with Crippen LogP contribution in [0.3, 0.4) is 0 Å². The Balaban J connectivity index is 2.23. The van der Waals surface area contributed by atoms with E-state index in [1.54, 1.807) is 6.92 Å². The van der Waals surface area contributed by atoms with Gasteiger partial charge in [-0.3, -0.25) is 9.59 Å². The van der Waals surface area contributed by atoms with Crippen LogP contribution in [0, 0.1) is 0 Å². The predicted molar refractivity (Wildman–Crippen MR) is 89.0 cm³/mol. The zero-order valence-electron chi connectivity index (χ0n) is 12.2. The standard InChI is InChI=1S/C18H13ClO4/c1-10(18(21)22)12-7-13-15(20)9-16(11-5-3-2-4-6-11)23-17(13)14(19)8-12/h2-10H,1H3,(H,21,22)/t10-/m1/s1. The molecular formula is C18H13ClO4. The van der Waals surface area contributed by atoms with E-state index in [1.165, 1.54) is 18.2 Å². The van der Waals surface area contributed by atoms with Crippen LogP contribution < -0.4 is 5.43 Å². The number of carboxylic acids is 1. The van der Waals surface area contributed by atoms with Crippen molar-refractivity contribution in [3.63, 3.8) is 0 Å². The number of carbonyl (C=O) groups is 1. The molecule has 0 aliphatic carbocycles. The minimum absolute atomic E-state index is 0.223. The molecular weight excluding hydrogens is 316 g/mol. The zero-order valence-corrected chi connectivity index (χ0v) is 13.0. The summed E-state index contributed by atoms with van der Waals surface area (Å²) in [6.45, 7) is 1.54. The molecule has 3 rings (SSSR count). The molecule has 3 aromatic rings. The van der Waals surface area contributed by atoms with Gasteiger partial charge in [-0.2, -0.15) is 0 Å². The molecule has 5 heteroatoms. The summed E-state index contributed by atoms with van der Waals surface area (Å²) < 4.78 is 5.78. The third-order valence-corrected chi connectivity index (χ3v) is 4.02. The highest BCUT2D eigenvalue weighted by Crippen LogP contribution is 2.30. The number of aliphatic carboxylic acids is 1. The fourth-order valence-corrected chi connectivity index (χ4v) is 2.64. The molecule has 0 saturated heterocycles. The minimum atomic E-state index is -0.981. The van der Waals surface area contributed by atoms with Gasteiger partial charge in [0.1, 0.15) is 5.76 Å². The SMILES string of the molecule is C[C@@H](C(=O)O)c1cc(Cl)c2oc(-c3ccccc3)cc(=O)c2c1. The Bertz CT molecular complexity index is 944. The molecule has 0 amide bonds. The molecule has 0 spiro atoms. The molecule has 0 radical (unpaired) electrons. The molecule has 23 heavy (non-hydrogen) atoms. The topological polar surface area (TPSA) is 67.5 Å². The van der Waals surface area contributed by atoms with Gasteiger partial charge in [-0.05, 0) is 24.6 Å². The summed E-state index contributed by atoms with van der Waals surface area (Å²) in [5.41, 5.74) is 1.24. The average molecular weight is 329 g/mol. The molecule has 0 bridgehead atoms. The number of carboxylic acid groups (broad SMARTS) is 1. The van der Waals surface area contributed by atoms with Crippen LogP contribution in [0.5, 0.6) is 0 Å². The van der Waals surface area contributed by atoms with Crippen molar-refractivity contribution in [2.45, 2.75) is 12.8 Å². The number of halogens is 1. The van der Waals surface area contributed by atoms with Crippen LogP contribution in [-0.4, -0.2) is 11.1 Å². The van der Waals surface area contributed by atoms with Gasteiger partial charge < -0.3 is 9.52 Å². The summed E-state index contributed by atoms with van der Waals surface area (Å²) >= 11 is 6.22. The quantitative estimate of drug-likeness (QED) is 0.778. The van der Waals surface area contributed by atoms with Gasteiger partial charge in [-0.15, -0.1) is 0 Å². The molecule has 2 aromatic carbocycles. The van der Waals surface area contributed by atoms with E-state index in [2.05, 4.69) is 0 Å². The van der Waals surface area contributed by atoms with Crippen molar-refractivity contribution in [2.75, 3.05) is 0 Å². The third-order valence-electron chi connectivity index (χ3n) is 3.73. The number of hydrogen-bond donors (Lipinski definition) is 1. The number of fused-ring (bicyclic) bond motifs is 1. The van der Waals surface area contributed by atoms with E-state index >= 15 is 0 Å². The molecule has 0 unspecified atom stereocenters. The molecule has 0 aliphatic rings. The smallest absolute Gasteiger partial charge is 0.310 e. The normalized spacial score (nSPS) is 12.3. The van der Waals surface area contributed by atoms with Gasteiger partial charge in [0.15, 0.2) is 11.0 Å². The highest BCUT2D eigenvalue weighted by Gasteiger charge is 2.18. The van der Waals surface area contributed by atoms with Crippen LogP contribution in [0.2, 0.25) is 5.02 Å². The second-order valence-electron chi connectivity index (χ2n) is 5.28. The first-order chi connectivity index (χ1) is 11.0. The van der Waals surface area contributed by atoms with Gasteiger partial charge in [-0.25, -0.2) is 0 Å². The average Bonchev–Trinajstić information content (AvgIpc) is 2.55. The number of hydrogen-bond acceptors (Lipinski definition) is 3. The van der Waals surface area contributed by atoms with Crippen molar-refractivity contribution in [1.29, 1.82) is 0 Å². The molecule has 0 aliphatic heterocycles. The summed E-state index contributed by atoms with van der Waals surface area (Å²) in [6, 6.07) is 13.7. The van der Waals surface area contributed by atoms with Gasteiger partial charge in [0, 0.05) is 11.6 Å². The maximum atomic E-state index is 12.4.